The van der Waals surface area contributed by atoms with Crippen LogP contribution in [0.4, 0.5) is 0 Å². The quantitative estimate of drug-likeness (QED) is 0.0628. The van der Waals surface area contributed by atoms with Gasteiger partial charge in [0.1, 0.15) is 11.5 Å². The maximum atomic E-state index is 11.0. The number of ether oxygens (including phenoxy) is 4. The average molecular weight is 1250 g/mol. The number of halogens is 2. The summed E-state index contributed by atoms with van der Waals surface area (Å²) in [6.07, 6.45) is 6.48. The first-order valence-corrected chi connectivity index (χ1v) is 30.3. The molecular formula is C68H66Br2N8O6. The van der Waals surface area contributed by atoms with E-state index in [4.69, 9.17) is 38.9 Å². The highest BCUT2D eigenvalue weighted by Gasteiger charge is 2.32. The number of aliphatic imine (C=N–C) groups is 4. The number of nitrogens with zero attached hydrogens (tertiary/aromatic N) is 4. The summed E-state index contributed by atoms with van der Waals surface area (Å²) in [6.45, 7) is 7.28. The first kappa shape index (κ1) is 55.1. The van der Waals surface area contributed by atoms with Crippen LogP contribution in [0, 0.1) is 13.8 Å². The number of fused-ring (bicyclic) bond motifs is 12. The third-order valence-corrected chi connectivity index (χ3v) is 18.9. The summed E-state index contributed by atoms with van der Waals surface area (Å²) in [7, 11) is 6.54. The van der Waals surface area contributed by atoms with Crippen LogP contribution in [0.5, 0.6) is 34.5 Å². The summed E-state index contributed by atoms with van der Waals surface area (Å²) in [5, 5.41) is 26.6. The maximum Gasteiger partial charge on any atom is 0.172 e. The van der Waals surface area contributed by atoms with Crippen LogP contribution in [0.15, 0.2) is 126 Å². The van der Waals surface area contributed by atoms with Crippen molar-refractivity contribution in [1.29, 1.82) is 0 Å². The van der Waals surface area contributed by atoms with Gasteiger partial charge < -0.3 is 49.1 Å². The van der Waals surface area contributed by atoms with E-state index in [-0.39, 0.29) is 23.3 Å². The number of aryl methyl sites for hydroxylation is 2. The highest BCUT2D eigenvalue weighted by atomic mass is 79.9. The van der Waals surface area contributed by atoms with Crippen molar-refractivity contribution in [1.82, 2.24) is 19.9 Å². The van der Waals surface area contributed by atoms with Crippen LogP contribution < -0.4 is 18.9 Å². The van der Waals surface area contributed by atoms with Gasteiger partial charge in [-0.2, -0.15) is 0 Å². The normalized spacial score (nSPS) is 15.2. The Kier molecular flexibility index (Phi) is 15.0. The number of benzene rings is 6. The number of methoxy groups -OCH3 is 4. The fraction of sp³-hybridized carbons (Fsp3) is 0.294. The molecule has 0 amide bonds. The number of H-pyrrole nitrogens is 4. The summed E-state index contributed by atoms with van der Waals surface area (Å²) < 4.78 is 23.2. The van der Waals surface area contributed by atoms with E-state index in [0.29, 0.717) is 39.7 Å². The molecule has 428 valence electrons. The van der Waals surface area contributed by atoms with Crippen LogP contribution in [0.25, 0.3) is 43.6 Å². The predicted molar refractivity (Wildman–Crippen MR) is 345 cm³/mol. The zero-order valence-corrected chi connectivity index (χ0v) is 51.1. The fourth-order valence-corrected chi connectivity index (χ4v) is 14.4. The molecule has 10 aromatic rings. The molecular weight excluding hydrogens is 1180 g/mol. The van der Waals surface area contributed by atoms with E-state index < -0.39 is 0 Å². The largest absolute Gasteiger partial charge is 0.503 e. The van der Waals surface area contributed by atoms with E-state index in [1.807, 2.05) is 36.4 Å². The Balaban J connectivity index is 0.000000157. The molecule has 0 fully saturated rings. The number of phenolic OH excluding ortho intramolecular Hbond substituents is 2. The molecule has 0 saturated carbocycles. The third kappa shape index (κ3) is 10.1. The minimum atomic E-state index is -0.000298. The average Bonchev–Trinajstić information content (AvgIpc) is 3.42. The van der Waals surface area contributed by atoms with Crippen LogP contribution in [-0.4, -0.2) is 108 Å². The summed E-state index contributed by atoms with van der Waals surface area (Å²) in [5.41, 5.74) is 23.0. The number of hydrogen-bond donors (Lipinski definition) is 6. The second kappa shape index (κ2) is 22.8. The van der Waals surface area contributed by atoms with Crippen molar-refractivity contribution in [3.05, 3.63) is 173 Å². The number of aromatic hydroxyl groups is 2. The molecule has 0 saturated heterocycles. The van der Waals surface area contributed by atoms with Gasteiger partial charge in [0.05, 0.1) is 83.0 Å². The molecule has 0 spiro atoms. The Morgan fingerprint density at radius 1 is 0.440 bits per heavy atom. The Morgan fingerprint density at radius 2 is 0.833 bits per heavy atom. The van der Waals surface area contributed by atoms with E-state index in [1.165, 1.54) is 54.9 Å². The second-order valence-corrected chi connectivity index (χ2v) is 24.1. The number of aromatic nitrogens is 4. The second-order valence-electron chi connectivity index (χ2n) is 22.4. The van der Waals surface area contributed by atoms with Gasteiger partial charge >= 0.3 is 0 Å². The van der Waals surface area contributed by atoms with E-state index in [9.17, 15) is 10.2 Å². The molecule has 4 aliphatic rings. The number of hydrogen-bond acceptors (Lipinski definition) is 10. The lowest BCUT2D eigenvalue weighted by atomic mass is 9.84. The molecule has 2 unspecified atom stereocenters. The van der Waals surface area contributed by atoms with E-state index >= 15 is 0 Å². The Hall–Kier alpha value is -8.08. The van der Waals surface area contributed by atoms with Gasteiger partial charge in [-0.3, -0.25) is 20.0 Å². The SMILES string of the molecule is COc1ccc2c3c([nH]c2c1)C(CC(CC1=NCCc2c1[nH]c1cc(C)ccc21)c1cc(Br)c(O)c(OC)c1)=NCC3.COc1ccc2c3c([nH]c2c1)C(CC(CC1=NCCc2c1[nH]c1cc(C)ccc21)c1ccc(OC)c(O)c1Br)=NCC3. The molecule has 8 heterocycles. The monoisotopic (exact) mass is 1250 g/mol. The molecule has 84 heavy (non-hydrogen) atoms. The van der Waals surface area contributed by atoms with Crippen molar-refractivity contribution in [2.24, 2.45) is 20.0 Å². The van der Waals surface area contributed by atoms with Gasteiger partial charge in [-0.05, 0) is 208 Å². The third-order valence-electron chi connectivity index (χ3n) is 17.4. The van der Waals surface area contributed by atoms with Crippen LogP contribution in [0.3, 0.4) is 0 Å². The molecule has 0 radical (unpaired) electrons. The summed E-state index contributed by atoms with van der Waals surface area (Å²) >= 11 is 7.27. The lowest BCUT2D eigenvalue weighted by Gasteiger charge is -2.24. The molecule has 4 aromatic heterocycles. The summed E-state index contributed by atoms with van der Waals surface area (Å²) in [6, 6.07) is 33.5. The summed E-state index contributed by atoms with van der Waals surface area (Å²) in [5.74, 6) is 2.79. The maximum absolute atomic E-state index is 11.0. The number of rotatable bonds is 14. The van der Waals surface area contributed by atoms with Crippen molar-refractivity contribution >= 4 is 98.3 Å². The summed E-state index contributed by atoms with van der Waals surface area (Å²) in [4.78, 5) is 34.9. The van der Waals surface area contributed by atoms with Gasteiger partial charge in [0.25, 0.3) is 0 Å². The van der Waals surface area contributed by atoms with Gasteiger partial charge in [-0.15, -0.1) is 0 Å². The Labute approximate surface area is 503 Å². The van der Waals surface area contributed by atoms with Crippen molar-refractivity contribution in [2.75, 3.05) is 54.6 Å². The first-order chi connectivity index (χ1) is 40.9. The number of nitrogens with one attached hydrogen (secondary N) is 4. The first-order valence-electron chi connectivity index (χ1n) is 28.7. The minimum absolute atomic E-state index is 0.000298. The van der Waals surface area contributed by atoms with Crippen molar-refractivity contribution in [2.45, 2.75) is 77.0 Å². The molecule has 14 rings (SSSR count). The van der Waals surface area contributed by atoms with Crippen molar-refractivity contribution in [3.63, 3.8) is 0 Å². The van der Waals surface area contributed by atoms with E-state index in [2.05, 4.69) is 126 Å². The molecule has 6 N–H and O–H groups in total. The van der Waals surface area contributed by atoms with Crippen molar-refractivity contribution in [3.8, 4) is 34.5 Å². The van der Waals surface area contributed by atoms with Gasteiger partial charge in [0.2, 0.25) is 0 Å². The molecule has 4 aliphatic heterocycles. The van der Waals surface area contributed by atoms with E-state index in [0.717, 1.165) is 149 Å². The number of phenols is 2. The topological polar surface area (TPSA) is 190 Å². The zero-order chi connectivity index (χ0) is 57.9. The van der Waals surface area contributed by atoms with Gasteiger partial charge in [-0.25, -0.2) is 0 Å². The molecule has 16 heteroatoms. The Morgan fingerprint density at radius 3 is 1.24 bits per heavy atom. The van der Waals surface area contributed by atoms with Gasteiger partial charge in [-0.1, -0.05) is 30.3 Å². The smallest absolute Gasteiger partial charge is 0.172 e. The van der Waals surface area contributed by atoms with Crippen LogP contribution in [0.2, 0.25) is 0 Å². The molecule has 2 atom stereocenters. The lowest BCUT2D eigenvalue weighted by molar-refractivity contribution is 0.371. The van der Waals surface area contributed by atoms with Crippen LogP contribution in [-0.2, 0) is 25.7 Å². The van der Waals surface area contributed by atoms with Crippen molar-refractivity contribution < 1.29 is 29.2 Å². The Bertz CT molecular complexity index is 4390. The molecule has 0 bridgehead atoms. The van der Waals surface area contributed by atoms with Gasteiger partial charge in [0, 0.05) is 81.9 Å². The minimum Gasteiger partial charge on any atom is -0.503 e. The van der Waals surface area contributed by atoms with Gasteiger partial charge in [0.15, 0.2) is 23.0 Å². The fourth-order valence-electron chi connectivity index (χ4n) is 13.2. The molecule has 14 nitrogen and oxygen atoms in total. The van der Waals surface area contributed by atoms with Crippen LogP contribution >= 0.6 is 31.9 Å². The number of aromatic amines is 4. The van der Waals surface area contributed by atoms with E-state index in [1.54, 1.807) is 28.4 Å². The zero-order valence-electron chi connectivity index (χ0n) is 47.9. The predicted octanol–water partition coefficient (Wildman–Crippen LogP) is 14.8. The molecule has 6 aromatic carbocycles. The highest BCUT2D eigenvalue weighted by Crippen LogP contribution is 2.45. The molecule has 0 aliphatic carbocycles. The standard InChI is InChI=1S/2C34H33BrN4O3/c1-18-4-6-22-24-8-10-36-29(32(24)38-27(22)12-18)14-20(19-13-26(35)34(40)31(16-19)42-3)15-30-33-25(9-11-37-30)23-7-5-21(41-2)17-28(23)39-33;1-18-4-6-22-24-10-12-36-28(32(24)38-26(22)14-18)15-19(21-8-9-30(42-3)34(40)31(21)35)16-29-33-25(11-13-37-29)23-7-5-20(41-2)17-27(23)39-33/h4-7,12-13,16-17,20,38-40H,8-11,14-15H2,1-3H3;4-9,14,17,19,38-40H,10-13,15-16H2,1-3H3. The lowest BCUT2D eigenvalue weighted by Crippen LogP contribution is -2.20. The highest BCUT2D eigenvalue weighted by molar-refractivity contribution is 9.11. The van der Waals surface area contributed by atoms with Crippen LogP contribution in [0.1, 0.15) is 105 Å².